The summed E-state index contributed by atoms with van der Waals surface area (Å²) in [7, 11) is 0. The van der Waals surface area contributed by atoms with Crippen molar-refractivity contribution in [3.8, 4) is 5.69 Å². The first-order valence-corrected chi connectivity index (χ1v) is 13.8. The van der Waals surface area contributed by atoms with Gasteiger partial charge in [-0.2, -0.15) is 0 Å². The van der Waals surface area contributed by atoms with Crippen LogP contribution in [-0.2, 0) is 0 Å². The first-order valence-electron chi connectivity index (χ1n) is 13.8. The van der Waals surface area contributed by atoms with Crippen LogP contribution in [0.4, 0.5) is 0 Å². The van der Waals surface area contributed by atoms with Crippen LogP contribution in [0.25, 0.3) is 43.8 Å². The maximum atomic E-state index is 5.73. The summed E-state index contributed by atoms with van der Waals surface area (Å²) < 4.78 is 2.37. The van der Waals surface area contributed by atoms with Crippen LogP contribution in [0.15, 0.2) is 152 Å². The fourth-order valence-electron chi connectivity index (χ4n) is 5.03. The molecule has 206 valence electrons. The summed E-state index contributed by atoms with van der Waals surface area (Å²) in [4.78, 5) is 0. The van der Waals surface area contributed by atoms with Gasteiger partial charge in [-0.05, 0) is 58.4 Å². The molecule has 41 heavy (non-hydrogen) atoms. The summed E-state index contributed by atoms with van der Waals surface area (Å²) in [6, 6.07) is 30.3. The molecule has 0 aliphatic carbocycles. The van der Waals surface area contributed by atoms with E-state index in [0.717, 1.165) is 28.7 Å². The van der Waals surface area contributed by atoms with Crippen LogP contribution < -0.4 is 17.2 Å². The molecule has 1 aromatic heterocycles. The van der Waals surface area contributed by atoms with Gasteiger partial charge in [-0.25, -0.2) is 0 Å². The molecule has 0 saturated carbocycles. The minimum atomic E-state index is 0.501. The second-order valence-electron chi connectivity index (χ2n) is 9.44. The zero-order valence-electron chi connectivity index (χ0n) is 23.6. The van der Waals surface area contributed by atoms with Gasteiger partial charge in [0.15, 0.2) is 0 Å². The number of para-hydroxylation sites is 2. The van der Waals surface area contributed by atoms with E-state index in [1.165, 1.54) is 50.7 Å². The van der Waals surface area contributed by atoms with Gasteiger partial charge in [0, 0.05) is 40.8 Å². The smallest absolute Gasteiger partial charge is 0.0619 e. The summed E-state index contributed by atoms with van der Waals surface area (Å²) in [5.41, 5.74) is 24.1. The average molecular weight is 539 g/mol. The lowest BCUT2D eigenvalue weighted by molar-refractivity contribution is 1.19. The lowest BCUT2D eigenvalue weighted by Gasteiger charge is -2.11. The number of fused-ring (bicyclic) bond motifs is 5. The first kappa shape index (κ1) is 28.9. The van der Waals surface area contributed by atoms with E-state index in [4.69, 9.17) is 17.2 Å². The predicted molar refractivity (Wildman–Crippen MR) is 180 cm³/mol. The zero-order chi connectivity index (χ0) is 29.2. The molecule has 4 heteroatoms. The van der Waals surface area contributed by atoms with Crippen LogP contribution in [0.2, 0.25) is 0 Å². The topological polar surface area (TPSA) is 83.0 Å². The van der Waals surface area contributed by atoms with Gasteiger partial charge in [0.25, 0.3) is 0 Å². The van der Waals surface area contributed by atoms with Crippen LogP contribution in [0, 0.1) is 0 Å². The number of nitrogens with two attached hydrogens (primary N) is 3. The normalized spacial score (nSPS) is 12.6. The Hall–Kier alpha value is -5.06. The van der Waals surface area contributed by atoms with E-state index in [0.29, 0.717) is 6.54 Å². The van der Waals surface area contributed by atoms with Crippen LogP contribution in [0.1, 0.15) is 18.9 Å². The van der Waals surface area contributed by atoms with E-state index < -0.39 is 0 Å². The maximum Gasteiger partial charge on any atom is 0.0619 e. The maximum absolute atomic E-state index is 5.73. The SMILES string of the molecule is C=C/C(=C\CN)c1ccc2c(ccc3c4ccccc4n(-c4ccccc4)c23)c1.C=CC(=C\N)/C(/C=C\CC)=C/N. The molecule has 0 saturated heterocycles. The van der Waals surface area contributed by atoms with Crippen molar-refractivity contribution in [3.05, 3.63) is 158 Å². The quantitative estimate of drug-likeness (QED) is 0.174. The summed E-state index contributed by atoms with van der Waals surface area (Å²) in [6.45, 7) is 10.1. The summed E-state index contributed by atoms with van der Waals surface area (Å²) in [5, 5.41) is 4.99. The average Bonchev–Trinajstić information content (AvgIpc) is 3.37. The molecular formula is C37H38N4. The van der Waals surface area contributed by atoms with Gasteiger partial charge < -0.3 is 21.8 Å². The minimum Gasteiger partial charge on any atom is -0.404 e. The largest absolute Gasteiger partial charge is 0.404 e. The molecule has 5 rings (SSSR count). The molecular weight excluding hydrogens is 500 g/mol. The van der Waals surface area contributed by atoms with Gasteiger partial charge in [0.2, 0.25) is 0 Å². The van der Waals surface area contributed by atoms with Crippen LogP contribution in [-0.4, -0.2) is 11.1 Å². The second-order valence-corrected chi connectivity index (χ2v) is 9.44. The highest BCUT2D eigenvalue weighted by Crippen LogP contribution is 2.37. The third kappa shape index (κ3) is 6.08. The molecule has 0 aliphatic heterocycles. The molecule has 0 fully saturated rings. The molecule has 0 atom stereocenters. The number of allylic oxidation sites excluding steroid dienone is 7. The molecule has 4 nitrogen and oxygen atoms in total. The van der Waals surface area contributed by atoms with E-state index in [9.17, 15) is 0 Å². The molecule has 0 amide bonds. The minimum absolute atomic E-state index is 0.501. The molecule has 5 aromatic rings. The number of benzene rings is 4. The summed E-state index contributed by atoms with van der Waals surface area (Å²) in [6.07, 6.45) is 13.5. The van der Waals surface area contributed by atoms with E-state index in [1.807, 2.05) is 24.3 Å². The van der Waals surface area contributed by atoms with Crippen molar-refractivity contribution in [2.24, 2.45) is 17.2 Å². The van der Waals surface area contributed by atoms with E-state index in [1.54, 1.807) is 6.08 Å². The Morgan fingerprint density at radius 2 is 1.49 bits per heavy atom. The Bertz CT molecular complexity index is 1800. The molecule has 6 N–H and O–H groups in total. The Morgan fingerprint density at radius 1 is 0.780 bits per heavy atom. The number of nitrogens with zero attached hydrogens (tertiary/aromatic N) is 1. The van der Waals surface area contributed by atoms with Crippen LogP contribution >= 0.6 is 0 Å². The Balaban J connectivity index is 0.000000275. The van der Waals surface area contributed by atoms with Gasteiger partial charge in [-0.15, -0.1) is 0 Å². The Kier molecular flexibility index (Phi) is 9.76. The molecule has 1 heterocycles. The van der Waals surface area contributed by atoms with Crippen molar-refractivity contribution >= 4 is 38.2 Å². The fraction of sp³-hybridized carbons (Fsp3) is 0.0811. The predicted octanol–water partition coefficient (Wildman–Crippen LogP) is 8.29. The van der Waals surface area contributed by atoms with Gasteiger partial charge in [-0.1, -0.05) is 111 Å². The highest BCUT2D eigenvalue weighted by molar-refractivity contribution is 6.18. The van der Waals surface area contributed by atoms with Crippen molar-refractivity contribution in [1.29, 1.82) is 0 Å². The van der Waals surface area contributed by atoms with Crippen LogP contribution in [0.3, 0.4) is 0 Å². The third-order valence-corrected chi connectivity index (χ3v) is 7.00. The summed E-state index contributed by atoms with van der Waals surface area (Å²) >= 11 is 0. The zero-order valence-corrected chi connectivity index (χ0v) is 23.6. The van der Waals surface area contributed by atoms with Gasteiger partial charge in [-0.3, -0.25) is 0 Å². The van der Waals surface area contributed by atoms with E-state index in [2.05, 4.69) is 110 Å². The monoisotopic (exact) mass is 538 g/mol. The number of aromatic nitrogens is 1. The fourth-order valence-corrected chi connectivity index (χ4v) is 5.03. The van der Waals surface area contributed by atoms with E-state index >= 15 is 0 Å². The third-order valence-electron chi connectivity index (χ3n) is 7.00. The number of hydrogen-bond acceptors (Lipinski definition) is 3. The molecule has 0 bridgehead atoms. The Labute approximate surface area is 242 Å². The van der Waals surface area contributed by atoms with Crippen molar-refractivity contribution in [1.82, 2.24) is 4.57 Å². The lowest BCUT2D eigenvalue weighted by atomic mass is 9.99. The highest BCUT2D eigenvalue weighted by Gasteiger charge is 2.14. The van der Waals surface area contributed by atoms with Crippen molar-refractivity contribution in [2.45, 2.75) is 13.3 Å². The number of rotatable bonds is 8. The highest BCUT2D eigenvalue weighted by atomic mass is 15.0. The molecule has 0 aliphatic rings. The van der Waals surface area contributed by atoms with Gasteiger partial charge in [0.05, 0.1) is 11.0 Å². The molecule has 0 unspecified atom stereocenters. The van der Waals surface area contributed by atoms with Crippen molar-refractivity contribution < 1.29 is 0 Å². The Morgan fingerprint density at radius 3 is 2.15 bits per heavy atom. The molecule has 0 spiro atoms. The second kappa shape index (κ2) is 13.8. The summed E-state index contributed by atoms with van der Waals surface area (Å²) in [5.74, 6) is 0. The standard InChI is InChI=1S/C27H22N2.C10H16N2/c1-2-19(16-17-28)20-12-14-23-21(18-20)13-15-25-24-10-6-7-11-26(24)29(27(23)25)22-8-4-3-5-9-22;1-3-5-6-10(8-12)9(4-2)7-11/h2-16,18H,1,17,28H2;4-8H,2-3,11-12H2,1H3/b19-16+;6-5-,9-7+,10-8+. The van der Waals surface area contributed by atoms with Crippen LogP contribution in [0.5, 0.6) is 0 Å². The van der Waals surface area contributed by atoms with Gasteiger partial charge in [0.1, 0.15) is 0 Å². The number of hydrogen-bond donors (Lipinski definition) is 3. The van der Waals surface area contributed by atoms with Crippen molar-refractivity contribution in [2.75, 3.05) is 6.54 Å². The first-order chi connectivity index (χ1) is 20.1. The van der Waals surface area contributed by atoms with Crippen molar-refractivity contribution in [3.63, 3.8) is 0 Å². The lowest BCUT2D eigenvalue weighted by Crippen LogP contribution is -1.95. The van der Waals surface area contributed by atoms with E-state index in [-0.39, 0.29) is 0 Å². The molecule has 4 aromatic carbocycles. The molecule has 0 radical (unpaired) electrons. The van der Waals surface area contributed by atoms with Gasteiger partial charge >= 0.3 is 0 Å².